The Morgan fingerprint density at radius 1 is 0.839 bits per heavy atom. The molecule has 0 radical (unpaired) electrons. The van der Waals surface area contributed by atoms with Gasteiger partial charge in [0.25, 0.3) is 5.91 Å². The fraction of sp³-hybridized carbons (Fsp3) is 0.174. The van der Waals surface area contributed by atoms with Crippen molar-refractivity contribution in [1.82, 2.24) is 4.90 Å². The Labute approximate surface area is 193 Å². The number of carbonyl (C=O) groups is 1. The number of hydrogen-bond donors (Lipinski definition) is 0. The molecular weight excluding hydrogens is 465 g/mol. The fourth-order valence-corrected chi connectivity index (χ4v) is 4.39. The summed E-state index contributed by atoms with van der Waals surface area (Å²) in [6.07, 6.45) is 0. The highest BCUT2D eigenvalue weighted by Crippen LogP contribution is 2.37. The summed E-state index contributed by atoms with van der Waals surface area (Å²) in [5, 5.41) is 1.64. The Kier molecular flexibility index (Phi) is 6.37. The van der Waals surface area contributed by atoms with Crippen LogP contribution in [0.5, 0.6) is 0 Å². The van der Waals surface area contributed by atoms with Crippen LogP contribution in [0, 0.1) is 11.6 Å². The van der Waals surface area contributed by atoms with E-state index in [4.69, 9.17) is 34.8 Å². The first-order chi connectivity index (χ1) is 14.8. The predicted octanol–water partition coefficient (Wildman–Crippen LogP) is 6.63. The third-order valence-electron chi connectivity index (χ3n) is 5.31. The van der Waals surface area contributed by atoms with E-state index >= 15 is 0 Å². The third-order valence-corrected chi connectivity index (χ3v) is 6.10. The molecule has 1 unspecified atom stereocenters. The molecule has 0 aromatic heterocycles. The zero-order valence-corrected chi connectivity index (χ0v) is 18.4. The minimum absolute atomic E-state index is 0.103. The highest BCUT2D eigenvalue weighted by molar-refractivity contribution is 6.36. The zero-order chi connectivity index (χ0) is 22.1. The van der Waals surface area contributed by atoms with E-state index in [0.717, 1.165) is 23.4 Å². The van der Waals surface area contributed by atoms with Gasteiger partial charge in [-0.1, -0.05) is 46.9 Å². The lowest BCUT2D eigenvalue weighted by Gasteiger charge is -2.43. The maximum Gasteiger partial charge on any atom is 0.254 e. The molecule has 0 aliphatic carbocycles. The molecule has 3 aromatic rings. The molecule has 1 fully saturated rings. The maximum absolute atomic E-state index is 13.7. The number of anilines is 1. The van der Waals surface area contributed by atoms with Crippen LogP contribution in [0.3, 0.4) is 0 Å². The van der Waals surface area contributed by atoms with Crippen molar-refractivity contribution in [2.75, 3.05) is 24.5 Å². The van der Waals surface area contributed by atoms with Crippen LogP contribution in [0.1, 0.15) is 22.0 Å². The molecule has 1 atom stereocenters. The van der Waals surface area contributed by atoms with Crippen LogP contribution in [-0.2, 0) is 0 Å². The van der Waals surface area contributed by atoms with Crippen LogP contribution in [0.4, 0.5) is 14.5 Å². The molecule has 8 heteroatoms. The van der Waals surface area contributed by atoms with Crippen molar-refractivity contribution in [3.05, 3.63) is 98.5 Å². The normalized spacial score (nSPS) is 16.5. The standard InChI is InChI=1S/C23H17Cl3F2N2O/c24-16-4-1-14(2-5-16)22-13-29(23(31)15-3-7-19(27)20(28)11-15)9-10-30(22)21-8-6-17(25)12-18(21)26/h1-8,11-12,22H,9-10,13H2. The Bertz CT molecular complexity index is 1120. The molecule has 160 valence electrons. The van der Waals surface area contributed by atoms with E-state index in [1.807, 2.05) is 18.2 Å². The van der Waals surface area contributed by atoms with E-state index in [2.05, 4.69) is 4.90 Å². The van der Waals surface area contributed by atoms with Gasteiger partial charge in [-0.15, -0.1) is 0 Å². The lowest BCUT2D eigenvalue weighted by molar-refractivity contribution is 0.0721. The molecule has 31 heavy (non-hydrogen) atoms. The number of piperazine rings is 1. The van der Waals surface area contributed by atoms with Gasteiger partial charge >= 0.3 is 0 Å². The maximum atomic E-state index is 13.7. The molecule has 0 N–H and O–H groups in total. The Morgan fingerprint density at radius 3 is 2.23 bits per heavy atom. The molecule has 1 saturated heterocycles. The summed E-state index contributed by atoms with van der Waals surface area (Å²) in [4.78, 5) is 16.7. The van der Waals surface area contributed by atoms with Crippen molar-refractivity contribution in [2.24, 2.45) is 0 Å². The SMILES string of the molecule is O=C(c1ccc(F)c(F)c1)N1CCN(c2ccc(Cl)cc2Cl)C(c2ccc(Cl)cc2)C1. The topological polar surface area (TPSA) is 23.6 Å². The lowest BCUT2D eigenvalue weighted by Crippen LogP contribution is -2.50. The van der Waals surface area contributed by atoms with Crippen LogP contribution in [-0.4, -0.2) is 30.4 Å². The van der Waals surface area contributed by atoms with Gasteiger partial charge in [-0.3, -0.25) is 4.79 Å². The molecule has 0 spiro atoms. The van der Waals surface area contributed by atoms with Crippen molar-refractivity contribution in [2.45, 2.75) is 6.04 Å². The molecule has 1 heterocycles. The van der Waals surface area contributed by atoms with E-state index in [1.165, 1.54) is 6.07 Å². The first kappa shape index (κ1) is 21.9. The minimum Gasteiger partial charge on any atom is -0.360 e. The molecule has 0 saturated carbocycles. The smallest absolute Gasteiger partial charge is 0.254 e. The largest absolute Gasteiger partial charge is 0.360 e. The highest BCUT2D eigenvalue weighted by Gasteiger charge is 2.32. The molecular formula is C23H17Cl3F2N2O. The zero-order valence-electron chi connectivity index (χ0n) is 16.2. The Hall–Kier alpha value is -2.34. The molecule has 4 rings (SSSR count). The summed E-state index contributed by atoms with van der Waals surface area (Å²) >= 11 is 18.6. The Morgan fingerprint density at radius 2 is 1.55 bits per heavy atom. The minimum atomic E-state index is -1.05. The summed E-state index contributed by atoms with van der Waals surface area (Å²) in [6.45, 7) is 1.21. The van der Waals surface area contributed by atoms with Gasteiger partial charge < -0.3 is 9.80 Å². The predicted molar refractivity (Wildman–Crippen MR) is 120 cm³/mol. The molecule has 1 aliphatic heterocycles. The average Bonchev–Trinajstić information content (AvgIpc) is 2.75. The third kappa shape index (κ3) is 4.64. The fourth-order valence-electron chi connectivity index (χ4n) is 3.75. The van der Waals surface area contributed by atoms with Crippen molar-refractivity contribution < 1.29 is 13.6 Å². The molecule has 1 amide bonds. The number of hydrogen-bond acceptors (Lipinski definition) is 2. The van der Waals surface area contributed by atoms with Crippen LogP contribution in [0.25, 0.3) is 0 Å². The number of benzene rings is 3. The van der Waals surface area contributed by atoms with Crippen LogP contribution in [0.2, 0.25) is 15.1 Å². The average molecular weight is 482 g/mol. The first-order valence-electron chi connectivity index (χ1n) is 9.55. The summed E-state index contributed by atoms with van der Waals surface area (Å²) in [7, 11) is 0. The van der Waals surface area contributed by atoms with Crippen molar-refractivity contribution in [3.63, 3.8) is 0 Å². The quantitative estimate of drug-likeness (QED) is 0.419. The summed E-state index contributed by atoms with van der Waals surface area (Å²) in [5.74, 6) is -2.40. The van der Waals surface area contributed by atoms with Crippen LogP contribution in [0.15, 0.2) is 60.7 Å². The number of halogens is 5. The van der Waals surface area contributed by atoms with E-state index in [1.54, 1.807) is 29.2 Å². The summed E-state index contributed by atoms with van der Waals surface area (Å²) in [5.41, 5.74) is 1.84. The number of amides is 1. The van der Waals surface area contributed by atoms with Gasteiger partial charge in [-0.25, -0.2) is 8.78 Å². The van der Waals surface area contributed by atoms with Gasteiger partial charge in [0.2, 0.25) is 0 Å². The van der Waals surface area contributed by atoms with Gasteiger partial charge in [0.15, 0.2) is 11.6 Å². The van der Waals surface area contributed by atoms with Crippen molar-refractivity contribution in [3.8, 4) is 0 Å². The number of rotatable bonds is 3. The highest BCUT2D eigenvalue weighted by atomic mass is 35.5. The second kappa shape index (κ2) is 9.03. The van der Waals surface area contributed by atoms with Gasteiger partial charge in [-0.2, -0.15) is 0 Å². The van der Waals surface area contributed by atoms with Gasteiger partial charge in [0.1, 0.15) is 0 Å². The second-order valence-electron chi connectivity index (χ2n) is 7.24. The van der Waals surface area contributed by atoms with E-state index in [0.29, 0.717) is 34.7 Å². The van der Waals surface area contributed by atoms with E-state index in [9.17, 15) is 13.6 Å². The van der Waals surface area contributed by atoms with Gasteiger partial charge in [0.05, 0.1) is 16.8 Å². The molecule has 3 aromatic carbocycles. The Balaban J connectivity index is 1.67. The van der Waals surface area contributed by atoms with E-state index < -0.39 is 11.6 Å². The monoisotopic (exact) mass is 480 g/mol. The van der Waals surface area contributed by atoms with Crippen molar-refractivity contribution >= 4 is 46.4 Å². The van der Waals surface area contributed by atoms with Crippen LogP contribution >= 0.6 is 34.8 Å². The molecule has 3 nitrogen and oxygen atoms in total. The second-order valence-corrected chi connectivity index (χ2v) is 8.52. The van der Waals surface area contributed by atoms with Gasteiger partial charge in [0, 0.05) is 35.2 Å². The van der Waals surface area contributed by atoms with Gasteiger partial charge in [-0.05, 0) is 54.1 Å². The molecule has 1 aliphatic rings. The molecule has 0 bridgehead atoms. The number of nitrogens with zero attached hydrogens (tertiary/aromatic N) is 2. The van der Waals surface area contributed by atoms with Crippen molar-refractivity contribution in [1.29, 1.82) is 0 Å². The van der Waals surface area contributed by atoms with E-state index in [-0.39, 0.29) is 17.5 Å². The van der Waals surface area contributed by atoms with Crippen LogP contribution < -0.4 is 4.90 Å². The summed E-state index contributed by atoms with van der Waals surface area (Å²) < 4.78 is 26.9. The lowest BCUT2D eigenvalue weighted by atomic mass is 10.0. The number of carbonyl (C=O) groups excluding carboxylic acids is 1. The first-order valence-corrected chi connectivity index (χ1v) is 10.7. The summed E-state index contributed by atoms with van der Waals surface area (Å²) in [6, 6.07) is 15.6.